The zero-order valence-corrected chi connectivity index (χ0v) is 5.81. The summed E-state index contributed by atoms with van der Waals surface area (Å²) in [7, 11) is 0. The van der Waals surface area contributed by atoms with E-state index in [1.807, 2.05) is 0 Å². The predicted octanol–water partition coefficient (Wildman–Crippen LogP) is 0.514. The third-order valence-electron chi connectivity index (χ3n) is 2.66. The summed E-state index contributed by atoms with van der Waals surface area (Å²) in [5, 5.41) is 0. The lowest BCUT2D eigenvalue weighted by Crippen LogP contribution is -2.46. The highest BCUT2D eigenvalue weighted by Gasteiger charge is 2.58. The van der Waals surface area contributed by atoms with E-state index in [-0.39, 0.29) is 5.60 Å². The summed E-state index contributed by atoms with van der Waals surface area (Å²) in [5.74, 6) is 0. The van der Waals surface area contributed by atoms with E-state index in [0.717, 1.165) is 13.2 Å². The molecule has 0 atom stereocenters. The van der Waals surface area contributed by atoms with Gasteiger partial charge in [-0.25, -0.2) is 0 Å². The van der Waals surface area contributed by atoms with E-state index >= 15 is 0 Å². The van der Waals surface area contributed by atoms with E-state index in [1.54, 1.807) is 0 Å². The Morgan fingerprint density at radius 1 is 1.56 bits per heavy atom. The zero-order valence-electron chi connectivity index (χ0n) is 5.81. The number of ether oxygens (including phenoxy) is 1. The average molecular weight is 127 g/mol. The molecule has 3 rings (SSSR count). The van der Waals surface area contributed by atoms with Crippen LogP contribution in [0.2, 0.25) is 0 Å². The lowest BCUT2D eigenvalue weighted by atomic mass is 9.63. The van der Waals surface area contributed by atoms with Crippen LogP contribution in [-0.4, -0.2) is 18.8 Å². The van der Waals surface area contributed by atoms with Gasteiger partial charge in [0, 0.05) is 12.0 Å². The van der Waals surface area contributed by atoms with Crippen LogP contribution in [0.1, 0.15) is 19.8 Å². The number of nitrogens with two attached hydrogens (primary N) is 1. The maximum absolute atomic E-state index is 5.58. The molecule has 0 aromatic rings. The Morgan fingerprint density at radius 2 is 2.22 bits per heavy atom. The fourth-order valence-corrected chi connectivity index (χ4v) is 2.27. The molecule has 9 heavy (non-hydrogen) atoms. The van der Waals surface area contributed by atoms with Crippen LogP contribution in [0.25, 0.3) is 0 Å². The summed E-state index contributed by atoms with van der Waals surface area (Å²) in [6.07, 6.45) is 2.38. The van der Waals surface area contributed by atoms with Gasteiger partial charge in [0.1, 0.15) is 0 Å². The second-order valence-electron chi connectivity index (χ2n) is 3.80. The Bertz CT molecular complexity index is 138. The molecular formula is C7H13NO. The van der Waals surface area contributed by atoms with Gasteiger partial charge in [-0.2, -0.15) is 0 Å². The molecule has 0 amide bonds. The van der Waals surface area contributed by atoms with E-state index in [4.69, 9.17) is 10.5 Å². The van der Waals surface area contributed by atoms with Crippen molar-refractivity contribution in [3.63, 3.8) is 0 Å². The fraction of sp³-hybridized carbons (Fsp3) is 1.00. The van der Waals surface area contributed by atoms with Crippen LogP contribution in [-0.2, 0) is 4.74 Å². The van der Waals surface area contributed by atoms with Gasteiger partial charge in [-0.05, 0) is 19.8 Å². The first kappa shape index (κ1) is 5.69. The van der Waals surface area contributed by atoms with E-state index < -0.39 is 0 Å². The summed E-state index contributed by atoms with van der Waals surface area (Å²) in [6, 6.07) is 0. The maximum Gasteiger partial charge on any atom is 0.0668 e. The Morgan fingerprint density at radius 3 is 2.44 bits per heavy atom. The smallest absolute Gasteiger partial charge is 0.0668 e. The van der Waals surface area contributed by atoms with Crippen molar-refractivity contribution in [1.82, 2.24) is 0 Å². The lowest BCUT2D eigenvalue weighted by molar-refractivity contribution is 0.00521. The van der Waals surface area contributed by atoms with E-state index in [2.05, 4.69) is 6.92 Å². The molecule has 2 heterocycles. The van der Waals surface area contributed by atoms with Gasteiger partial charge in [0.05, 0.1) is 12.2 Å². The SMILES string of the molecule is CC12CC(CN)(CO1)C2. The van der Waals surface area contributed by atoms with Crippen molar-refractivity contribution < 1.29 is 4.74 Å². The molecule has 2 aliphatic heterocycles. The Balaban J connectivity index is 2.12. The van der Waals surface area contributed by atoms with E-state index in [0.29, 0.717) is 5.41 Å². The molecule has 0 aromatic heterocycles. The van der Waals surface area contributed by atoms with Crippen molar-refractivity contribution in [3.05, 3.63) is 0 Å². The van der Waals surface area contributed by atoms with Gasteiger partial charge in [-0.15, -0.1) is 0 Å². The number of fused-ring (bicyclic) bond motifs is 1. The monoisotopic (exact) mass is 127 g/mol. The lowest BCUT2D eigenvalue weighted by Gasteiger charge is -2.41. The van der Waals surface area contributed by atoms with Gasteiger partial charge in [0.2, 0.25) is 0 Å². The van der Waals surface area contributed by atoms with E-state index in [9.17, 15) is 0 Å². The molecule has 3 fully saturated rings. The molecule has 0 unspecified atom stereocenters. The zero-order chi connectivity index (χ0) is 6.54. The molecule has 1 saturated carbocycles. The highest BCUT2D eigenvalue weighted by molar-refractivity contribution is 5.09. The molecule has 0 aromatic carbocycles. The summed E-state index contributed by atoms with van der Waals surface area (Å²) >= 11 is 0. The van der Waals surface area contributed by atoms with Crippen molar-refractivity contribution in [2.45, 2.75) is 25.4 Å². The minimum absolute atomic E-state index is 0.222. The van der Waals surface area contributed by atoms with Crippen LogP contribution in [0.15, 0.2) is 0 Å². The minimum Gasteiger partial charge on any atom is -0.375 e. The average Bonchev–Trinajstić information content (AvgIpc) is 2.20. The van der Waals surface area contributed by atoms with Gasteiger partial charge >= 0.3 is 0 Å². The number of hydrogen-bond acceptors (Lipinski definition) is 2. The third kappa shape index (κ3) is 0.578. The molecule has 3 aliphatic rings. The second kappa shape index (κ2) is 1.32. The van der Waals surface area contributed by atoms with Crippen LogP contribution >= 0.6 is 0 Å². The summed E-state index contributed by atoms with van der Waals surface area (Å²) in [4.78, 5) is 0. The standard InChI is InChI=1S/C7H13NO/c1-6-2-7(3-6,4-8)5-9-6/h2-5,8H2,1H3. The van der Waals surface area contributed by atoms with Crippen molar-refractivity contribution in [1.29, 1.82) is 0 Å². The molecule has 2 bridgehead atoms. The molecule has 2 heteroatoms. The van der Waals surface area contributed by atoms with Gasteiger partial charge in [-0.1, -0.05) is 0 Å². The van der Waals surface area contributed by atoms with Crippen molar-refractivity contribution in [3.8, 4) is 0 Å². The van der Waals surface area contributed by atoms with Crippen LogP contribution in [0, 0.1) is 5.41 Å². The van der Waals surface area contributed by atoms with Crippen LogP contribution in [0.5, 0.6) is 0 Å². The summed E-state index contributed by atoms with van der Waals surface area (Å²) in [6.45, 7) is 3.89. The highest BCUT2D eigenvalue weighted by Crippen LogP contribution is 2.56. The van der Waals surface area contributed by atoms with Gasteiger partial charge in [0.25, 0.3) is 0 Å². The summed E-state index contributed by atoms with van der Waals surface area (Å²) in [5.41, 5.74) is 6.20. The molecule has 2 nitrogen and oxygen atoms in total. The van der Waals surface area contributed by atoms with Crippen molar-refractivity contribution in [2.75, 3.05) is 13.2 Å². The largest absolute Gasteiger partial charge is 0.375 e. The Kier molecular flexibility index (Phi) is 0.837. The minimum atomic E-state index is 0.222. The molecule has 0 spiro atoms. The van der Waals surface area contributed by atoms with Gasteiger partial charge < -0.3 is 10.5 Å². The van der Waals surface area contributed by atoms with Crippen molar-refractivity contribution >= 4 is 0 Å². The maximum atomic E-state index is 5.58. The second-order valence-corrected chi connectivity index (χ2v) is 3.80. The van der Waals surface area contributed by atoms with Crippen LogP contribution in [0.4, 0.5) is 0 Å². The fourth-order valence-electron chi connectivity index (χ4n) is 2.27. The first-order valence-corrected chi connectivity index (χ1v) is 3.52. The molecule has 2 saturated heterocycles. The first-order valence-electron chi connectivity index (χ1n) is 3.52. The number of rotatable bonds is 1. The van der Waals surface area contributed by atoms with Crippen LogP contribution in [0.3, 0.4) is 0 Å². The summed E-state index contributed by atoms with van der Waals surface area (Å²) < 4.78 is 5.53. The topological polar surface area (TPSA) is 35.2 Å². The molecular weight excluding hydrogens is 114 g/mol. The van der Waals surface area contributed by atoms with Crippen molar-refractivity contribution in [2.24, 2.45) is 11.1 Å². The molecule has 52 valence electrons. The predicted molar refractivity (Wildman–Crippen MR) is 35.1 cm³/mol. The highest BCUT2D eigenvalue weighted by atomic mass is 16.5. The van der Waals surface area contributed by atoms with Crippen LogP contribution < -0.4 is 5.73 Å². The Hall–Kier alpha value is -0.0800. The third-order valence-corrected chi connectivity index (χ3v) is 2.66. The molecule has 1 aliphatic carbocycles. The number of hydrogen-bond donors (Lipinski definition) is 1. The first-order chi connectivity index (χ1) is 4.18. The molecule has 0 radical (unpaired) electrons. The van der Waals surface area contributed by atoms with E-state index in [1.165, 1.54) is 12.8 Å². The van der Waals surface area contributed by atoms with Gasteiger partial charge in [-0.3, -0.25) is 0 Å². The quantitative estimate of drug-likeness (QED) is 0.557. The van der Waals surface area contributed by atoms with Gasteiger partial charge in [0.15, 0.2) is 0 Å². The normalized spacial score (nSPS) is 55.3. The Labute approximate surface area is 55.4 Å². The molecule has 2 N–H and O–H groups in total.